The summed E-state index contributed by atoms with van der Waals surface area (Å²) >= 11 is 0. The normalized spacial score (nSPS) is 12.9. The van der Waals surface area contributed by atoms with Gasteiger partial charge in [-0.1, -0.05) is 13.8 Å². The molecule has 1 amide bonds. The number of carbonyl (C=O) groups is 1. The fourth-order valence-electron chi connectivity index (χ4n) is 1.29. The van der Waals surface area contributed by atoms with Gasteiger partial charge in [0.25, 0.3) is 0 Å². The zero-order chi connectivity index (χ0) is 11.1. The van der Waals surface area contributed by atoms with Crippen LogP contribution in [0.3, 0.4) is 0 Å². The summed E-state index contributed by atoms with van der Waals surface area (Å²) in [4.78, 5) is 12.9. The summed E-state index contributed by atoms with van der Waals surface area (Å²) in [7, 11) is 0. The number of rotatable bonds is 6. The van der Waals surface area contributed by atoms with E-state index in [1.165, 1.54) is 0 Å². The average Bonchev–Trinajstić information content (AvgIpc) is 2.10. The minimum atomic E-state index is -0.330. The Bertz CT molecular complexity index is 220. The zero-order valence-corrected chi connectivity index (χ0v) is 9.16. The minimum Gasteiger partial charge on any atom is -0.368 e. The van der Waals surface area contributed by atoms with Crippen molar-refractivity contribution in [3.05, 3.63) is 0 Å². The Morgan fingerprint density at radius 3 is 2.43 bits per heavy atom. The second-order valence-electron chi connectivity index (χ2n) is 3.88. The van der Waals surface area contributed by atoms with E-state index >= 15 is 0 Å². The molecule has 0 saturated heterocycles. The van der Waals surface area contributed by atoms with E-state index in [0.29, 0.717) is 18.9 Å². The molecule has 0 fully saturated rings. The first-order valence-corrected chi connectivity index (χ1v) is 4.89. The Morgan fingerprint density at radius 2 is 2.07 bits per heavy atom. The second kappa shape index (κ2) is 6.39. The summed E-state index contributed by atoms with van der Waals surface area (Å²) in [6, 6.07) is 1.79. The molecule has 0 radical (unpaired) electrons. The molecule has 0 bridgehead atoms. The lowest BCUT2D eigenvalue weighted by Gasteiger charge is -2.27. The van der Waals surface area contributed by atoms with Crippen LogP contribution in [0, 0.1) is 17.2 Å². The van der Waals surface area contributed by atoms with E-state index in [2.05, 4.69) is 19.9 Å². The molecule has 0 aliphatic heterocycles. The number of nitrogens with zero attached hydrogens (tertiary/aromatic N) is 2. The van der Waals surface area contributed by atoms with Gasteiger partial charge in [-0.2, -0.15) is 5.26 Å². The van der Waals surface area contributed by atoms with Crippen LogP contribution in [0.15, 0.2) is 0 Å². The number of nitriles is 1. The van der Waals surface area contributed by atoms with Crippen LogP contribution in [0.4, 0.5) is 0 Å². The highest BCUT2D eigenvalue weighted by atomic mass is 16.1. The number of nitrogens with two attached hydrogens (primary N) is 1. The highest BCUT2D eigenvalue weighted by Crippen LogP contribution is 2.04. The van der Waals surface area contributed by atoms with Gasteiger partial charge in [0.1, 0.15) is 0 Å². The molecule has 1 atom stereocenters. The van der Waals surface area contributed by atoms with Crippen molar-refractivity contribution in [2.75, 3.05) is 13.1 Å². The van der Waals surface area contributed by atoms with Gasteiger partial charge in [0.2, 0.25) is 5.91 Å². The molecule has 1 unspecified atom stereocenters. The maximum atomic E-state index is 11.0. The Hall–Kier alpha value is -1.08. The van der Waals surface area contributed by atoms with Crippen molar-refractivity contribution in [2.24, 2.45) is 11.7 Å². The summed E-state index contributed by atoms with van der Waals surface area (Å²) in [5, 5.41) is 8.48. The Labute approximate surface area is 85.7 Å². The molecule has 4 nitrogen and oxygen atoms in total. The van der Waals surface area contributed by atoms with Crippen LogP contribution in [0.2, 0.25) is 0 Å². The average molecular weight is 197 g/mol. The van der Waals surface area contributed by atoms with Crippen molar-refractivity contribution in [1.29, 1.82) is 5.26 Å². The molecular weight excluding hydrogens is 178 g/mol. The molecule has 0 saturated carbocycles. The SMILES string of the molecule is CC(C)CN(CCC#N)C(C)C(N)=O. The van der Waals surface area contributed by atoms with E-state index in [-0.39, 0.29) is 11.9 Å². The van der Waals surface area contributed by atoms with Crippen LogP contribution in [-0.2, 0) is 4.79 Å². The van der Waals surface area contributed by atoms with E-state index in [1.807, 2.05) is 4.90 Å². The molecule has 0 aliphatic rings. The van der Waals surface area contributed by atoms with Crippen molar-refractivity contribution in [2.45, 2.75) is 33.2 Å². The van der Waals surface area contributed by atoms with E-state index in [4.69, 9.17) is 11.0 Å². The maximum Gasteiger partial charge on any atom is 0.234 e. The molecule has 0 aromatic heterocycles. The summed E-state index contributed by atoms with van der Waals surface area (Å²) < 4.78 is 0. The predicted molar refractivity (Wildman–Crippen MR) is 55.3 cm³/mol. The van der Waals surface area contributed by atoms with Gasteiger partial charge in [0.15, 0.2) is 0 Å². The quantitative estimate of drug-likeness (QED) is 0.682. The van der Waals surface area contributed by atoms with Crippen LogP contribution in [0.5, 0.6) is 0 Å². The molecule has 0 rings (SSSR count). The summed E-state index contributed by atoms with van der Waals surface area (Å²) in [5.41, 5.74) is 5.22. The van der Waals surface area contributed by atoms with Crippen LogP contribution in [0.1, 0.15) is 27.2 Å². The van der Waals surface area contributed by atoms with E-state index in [1.54, 1.807) is 6.92 Å². The first kappa shape index (κ1) is 12.9. The van der Waals surface area contributed by atoms with Crippen LogP contribution in [0.25, 0.3) is 0 Å². The lowest BCUT2D eigenvalue weighted by Crippen LogP contribution is -2.44. The lowest BCUT2D eigenvalue weighted by molar-refractivity contribution is -0.122. The molecule has 0 spiro atoms. The predicted octanol–water partition coefficient (Wildman–Crippen LogP) is 0.732. The van der Waals surface area contributed by atoms with Crippen molar-refractivity contribution in [3.63, 3.8) is 0 Å². The second-order valence-corrected chi connectivity index (χ2v) is 3.88. The summed E-state index contributed by atoms with van der Waals surface area (Å²) in [6.07, 6.45) is 0.435. The smallest absolute Gasteiger partial charge is 0.234 e. The van der Waals surface area contributed by atoms with Gasteiger partial charge < -0.3 is 5.73 Å². The number of hydrogen-bond donors (Lipinski definition) is 1. The van der Waals surface area contributed by atoms with Gasteiger partial charge in [0, 0.05) is 19.5 Å². The summed E-state index contributed by atoms with van der Waals surface area (Å²) in [6.45, 7) is 7.34. The first-order valence-electron chi connectivity index (χ1n) is 4.89. The molecule has 14 heavy (non-hydrogen) atoms. The van der Waals surface area contributed by atoms with Gasteiger partial charge in [-0.25, -0.2) is 0 Å². The highest BCUT2D eigenvalue weighted by molar-refractivity contribution is 5.79. The van der Waals surface area contributed by atoms with Crippen molar-refractivity contribution >= 4 is 5.91 Å². The Kier molecular flexibility index (Phi) is 5.89. The lowest BCUT2D eigenvalue weighted by atomic mass is 10.1. The monoisotopic (exact) mass is 197 g/mol. The number of primary amides is 1. The van der Waals surface area contributed by atoms with E-state index < -0.39 is 0 Å². The van der Waals surface area contributed by atoms with Gasteiger partial charge in [-0.15, -0.1) is 0 Å². The highest BCUT2D eigenvalue weighted by Gasteiger charge is 2.18. The molecule has 0 heterocycles. The van der Waals surface area contributed by atoms with Crippen LogP contribution >= 0.6 is 0 Å². The number of amides is 1. The standard InChI is InChI=1S/C10H19N3O/c1-8(2)7-13(6-4-5-11)9(3)10(12)14/h8-9H,4,6-7H2,1-3H3,(H2,12,14). The van der Waals surface area contributed by atoms with E-state index in [0.717, 1.165) is 6.54 Å². The Balaban J connectivity index is 4.23. The molecule has 0 aromatic carbocycles. The zero-order valence-electron chi connectivity index (χ0n) is 9.16. The largest absolute Gasteiger partial charge is 0.368 e. The first-order chi connectivity index (χ1) is 6.49. The molecule has 0 aliphatic carbocycles. The molecule has 80 valence electrons. The van der Waals surface area contributed by atoms with Gasteiger partial charge in [-0.05, 0) is 12.8 Å². The molecule has 0 aromatic rings. The fraction of sp³-hybridized carbons (Fsp3) is 0.800. The van der Waals surface area contributed by atoms with E-state index in [9.17, 15) is 4.79 Å². The number of carbonyl (C=O) groups excluding carboxylic acids is 1. The third kappa shape index (κ3) is 4.83. The summed E-state index contributed by atoms with van der Waals surface area (Å²) in [5.74, 6) is 0.138. The van der Waals surface area contributed by atoms with Gasteiger partial charge in [0.05, 0.1) is 12.1 Å². The maximum absolute atomic E-state index is 11.0. The van der Waals surface area contributed by atoms with Crippen molar-refractivity contribution in [3.8, 4) is 6.07 Å². The fourth-order valence-corrected chi connectivity index (χ4v) is 1.29. The van der Waals surface area contributed by atoms with Crippen molar-refractivity contribution < 1.29 is 4.79 Å². The third-order valence-electron chi connectivity index (χ3n) is 2.07. The van der Waals surface area contributed by atoms with Crippen molar-refractivity contribution in [1.82, 2.24) is 4.90 Å². The minimum absolute atomic E-state index is 0.286. The topological polar surface area (TPSA) is 70.1 Å². The molecule has 2 N–H and O–H groups in total. The van der Waals surface area contributed by atoms with Gasteiger partial charge >= 0.3 is 0 Å². The number of hydrogen-bond acceptors (Lipinski definition) is 3. The molecular formula is C10H19N3O. The van der Waals surface area contributed by atoms with Crippen LogP contribution in [-0.4, -0.2) is 29.9 Å². The molecule has 4 heteroatoms. The van der Waals surface area contributed by atoms with Crippen LogP contribution < -0.4 is 5.73 Å². The van der Waals surface area contributed by atoms with Gasteiger partial charge in [-0.3, -0.25) is 9.69 Å². The third-order valence-corrected chi connectivity index (χ3v) is 2.07. The Morgan fingerprint density at radius 1 is 1.50 bits per heavy atom.